The Kier molecular flexibility index (Phi) is 7.55. The fraction of sp³-hybridized carbons (Fsp3) is 1.00. The van der Waals surface area contributed by atoms with E-state index in [0.29, 0.717) is 0 Å². The van der Waals surface area contributed by atoms with Crippen LogP contribution in [0.4, 0.5) is 0 Å². The Balaban J connectivity index is 3.97. The van der Waals surface area contributed by atoms with Crippen molar-refractivity contribution in [3.05, 3.63) is 0 Å². The van der Waals surface area contributed by atoms with Gasteiger partial charge in [0.25, 0.3) is 0 Å². The number of ether oxygens (including phenoxy) is 2. The maximum atomic E-state index is 5.58. The first-order chi connectivity index (χ1) is 6.24. The number of hydrogen-bond donors (Lipinski definition) is 0. The number of rotatable bonds is 8. The van der Waals surface area contributed by atoms with Crippen LogP contribution in [0.15, 0.2) is 0 Å². The summed E-state index contributed by atoms with van der Waals surface area (Å²) < 4.78 is 16.4. The molecule has 0 unspecified atom stereocenters. The molecule has 0 rings (SSSR count). The lowest BCUT2D eigenvalue weighted by Gasteiger charge is -2.27. The molecule has 0 spiro atoms. The van der Waals surface area contributed by atoms with Gasteiger partial charge in [-0.1, -0.05) is 6.92 Å². The smallest absolute Gasteiger partial charge is 0.242 e. The average molecular weight is 206 g/mol. The lowest BCUT2D eigenvalue weighted by atomic mass is 10.9. The second-order valence-electron chi connectivity index (χ2n) is 3.01. The highest BCUT2D eigenvalue weighted by Crippen LogP contribution is 2.11. The molecule has 0 fully saturated rings. The third-order valence-corrected chi connectivity index (χ3v) is 5.83. The van der Waals surface area contributed by atoms with Crippen LogP contribution in [0.1, 0.15) is 20.8 Å². The molecule has 0 radical (unpaired) electrons. The van der Waals surface area contributed by atoms with Gasteiger partial charge in [0.05, 0.1) is 12.5 Å². The lowest BCUT2D eigenvalue weighted by Crippen LogP contribution is -2.47. The normalized spacial score (nSPS) is 12.0. The Morgan fingerprint density at radius 2 is 1.38 bits per heavy atom. The molecular weight excluding hydrogens is 184 g/mol. The van der Waals surface area contributed by atoms with Crippen molar-refractivity contribution < 1.29 is 13.9 Å². The van der Waals surface area contributed by atoms with Gasteiger partial charge in [0.15, 0.2) is 0 Å². The van der Waals surface area contributed by atoms with Crippen molar-refractivity contribution >= 4 is 8.32 Å². The van der Waals surface area contributed by atoms with Gasteiger partial charge in [0, 0.05) is 20.3 Å². The van der Waals surface area contributed by atoms with E-state index >= 15 is 0 Å². The number of hydrogen-bond acceptors (Lipinski definition) is 3. The first-order valence-electron chi connectivity index (χ1n) is 4.95. The molecule has 0 saturated carbocycles. The van der Waals surface area contributed by atoms with Gasteiger partial charge in [-0.2, -0.15) is 0 Å². The monoisotopic (exact) mass is 206 g/mol. The van der Waals surface area contributed by atoms with E-state index in [0.717, 1.165) is 31.7 Å². The van der Waals surface area contributed by atoms with Gasteiger partial charge in [0.1, 0.15) is 0 Å². The van der Waals surface area contributed by atoms with Crippen molar-refractivity contribution in [2.75, 3.05) is 32.8 Å². The van der Waals surface area contributed by atoms with Gasteiger partial charge in [-0.05, 0) is 19.9 Å². The predicted octanol–water partition coefficient (Wildman–Crippen LogP) is 1.75. The Morgan fingerprint density at radius 3 is 1.62 bits per heavy atom. The maximum Gasteiger partial charge on any atom is 0.242 e. The molecule has 13 heavy (non-hydrogen) atoms. The highest BCUT2D eigenvalue weighted by molar-refractivity contribution is 6.73. The van der Waals surface area contributed by atoms with Crippen molar-refractivity contribution in [1.29, 1.82) is 0 Å². The summed E-state index contributed by atoms with van der Waals surface area (Å²) in [5, 5.41) is 0. The van der Waals surface area contributed by atoms with Crippen LogP contribution < -0.4 is 0 Å². The van der Waals surface area contributed by atoms with Crippen molar-refractivity contribution in [1.82, 2.24) is 0 Å². The molecule has 0 N–H and O–H groups in total. The third-order valence-electron chi connectivity index (χ3n) is 2.22. The maximum absolute atomic E-state index is 5.58. The summed E-state index contributed by atoms with van der Waals surface area (Å²) in [5.41, 5.74) is 0. The first kappa shape index (κ1) is 13.1. The average Bonchev–Trinajstić information content (AvgIpc) is 2.20. The molecule has 0 aromatic carbocycles. The van der Waals surface area contributed by atoms with Crippen LogP contribution in [0.25, 0.3) is 0 Å². The van der Waals surface area contributed by atoms with Gasteiger partial charge in [-0.3, -0.25) is 0 Å². The molecule has 0 amide bonds. The van der Waals surface area contributed by atoms with E-state index in [9.17, 15) is 0 Å². The Morgan fingerprint density at radius 1 is 0.923 bits per heavy atom. The second kappa shape index (κ2) is 7.50. The molecule has 4 heteroatoms. The fourth-order valence-corrected chi connectivity index (χ4v) is 3.25. The molecule has 0 heterocycles. The zero-order valence-electron chi connectivity index (χ0n) is 9.26. The van der Waals surface area contributed by atoms with E-state index in [2.05, 4.69) is 6.92 Å². The zero-order valence-corrected chi connectivity index (χ0v) is 10.3. The molecule has 0 atom stereocenters. The molecule has 0 aliphatic heterocycles. The van der Waals surface area contributed by atoms with Crippen molar-refractivity contribution in [2.24, 2.45) is 0 Å². The molecular formula is C9H22O3Si. The summed E-state index contributed by atoms with van der Waals surface area (Å²) in [6.07, 6.45) is 1.49. The van der Waals surface area contributed by atoms with Crippen LogP contribution in [0.5, 0.6) is 0 Å². The van der Waals surface area contributed by atoms with Crippen LogP contribution in [0.2, 0.25) is 6.04 Å². The zero-order chi connectivity index (χ0) is 10.2. The SMILES string of the molecule is CCOC[Si](CC)(COCC)OC. The summed E-state index contributed by atoms with van der Waals surface area (Å²) in [7, 11) is 0.0418. The van der Waals surface area contributed by atoms with E-state index in [1.807, 2.05) is 13.8 Å². The Hall–Kier alpha value is 0.0969. The van der Waals surface area contributed by atoms with Crippen molar-refractivity contribution in [3.8, 4) is 0 Å². The molecule has 0 bridgehead atoms. The van der Waals surface area contributed by atoms with E-state index < -0.39 is 8.32 Å². The molecule has 0 aliphatic rings. The third kappa shape index (κ3) is 4.76. The minimum absolute atomic E-state index is 0.747. The predicted molar refractivity (Wildman–Crippen MR) is 56.2 cm³/mol. The van der Waals surface area contributed by atoms with Gasteiger partial charge >= 0.3 is 0 Å². The van der Waals surface area contributed by atoms with Gasteiger partial charge in [-0.15, -0.1) is 0 Å². The van der Waals surface area contributed by atoms with Crippen molar-refractivity contribution in [3.63, 3.8) is 0 Å². The standard InChI is InChI=1S/C9H22O3Si/c1-5-11-8-13(7-3,10-4)9-12-6-2/h5-9H2,1-4H3. The lowest BCUT2D eigenvalue weighted by molar-refractivity contribution is 0.136. The molecule has 80 valence electrons. The summed E-state index contributed by atoms with van der Waals surface area (Å²) in [4.78, 5) is 0. The molecule has 0 aromatic heterocycles. The molecule has 0 aromatic rings. The van der Waals surface area contributed by atoms with Crippen LogP contribution in [0, 0.1) is 0 Å². The second-order valence-corrected chi connectivity index (χ2v) is 7.07. The van der Waals surface area contributed by atoms with E-state index in [-0.39, 0.29) is 0 Å². The van der Waals surface area contributed by atoms with Crippen LogP contribution >= 0.6 is 0 Å². The molecule has 0 aliphatic carbocycles. The Labute approximate surface area is 82.5 Å². The highest BCUT2D eigenvalue weighted by atomic mass is 28.4. The quantitative estimate of drug-likeness (QED) is 0.566. The van der Waals surface area contributed by atoms with Gasteiger partial charge in [0.2, 0.25) is 8.32 Å². The first-order valence-corrected chi connectivity index (χ1v) is 7.48. The topological polar surface area (TPSA) is 27.7 Å². The van der Waals surface area contributed by atoms with Crippen LogP contribution in [0.3, 0.4) is 0 Å². The van der Waals surface area contributed by atoms with Gasteiger partial charge in [-0.25, -0.2) is 0 Å². The fourth-order valence-electron chi connectivity index (χ4n) is 1.08. The van der Waals surface area contributed by atoms with E-state index in [4.69, 9.17) is 13.9 Å². The van der Waals surface area contributed by atoms with Crippen LogP contribution in [-0.2, 0) is 13.9 Å². The summed E-state index contributed by atoms with van der Waals surface area (Å²) >= 11 is 0. The Bertz CT molecular complexity index is 105. The van der Waals surface area contributed by atoms with Crippen molar-refractivity contribution in [2.45, 2.75) is 26.8 Å². The molecule has 3 nitrogen and oxygen atoms in total. The summed E-state index contributed by atoms with van der Waals surface area (Å²) in [6, 6.07) is 1.05. The van der Waals surface area contributed by atoms with E-state index in [1.54, 1.807) is 7.11 Å². The van der Waals surface area contributed by atoms with Gasteiger partial charge < -0.3 is 13.9 Å². The minimum atomic E-state index is -1.73. The molecule has 0 saturated heterocycles. The largest absolute Gasteiger partial charge is 0.415 e. The van der Waals surface area contributed by atoms with E-state index in [1.165, 1.54) is 0 Å². The summed E-state index contributed by atoms with van der Waals surface area (Å²) in [6.45, 7) is 7.67. The summed E-state index contributed by atoms with van der Waals surface area (Å²) in [5.74, 6) is 0. The van der Waals surface area contributed by atoms with Crippen LogP contribution in [-0.4, -0.2) is 41.1 Å². The minimum Gasteiger partial charge on any atom is -0.415 e. The highest BCUT2D eigenvalue weighted by Gasteiger charge is 2.32.